The fraction of sp³-hybridized carbons (Fsp3) is 0.556. The average molecular weight is 450 g/mol. The molecular weight excluding hydrogens is 410 g/mol. The summed E-state index contributed by atoms with van der Waals surface area (Å²) in [4.78, 5) is 11.8. The highest BCUT2D eigenvalue weighted by Gasteiger charge is 2.21. The zero-order chi connectivity index (χ0) is 22.7. The molecular formula is C27H39N5O. The second-order valence-corrected chi connectivity index (χ2v) is 9.08. The molecule has 33 heavy (non-hydrogen) atoms. The number of fused-ring (bicyclic) bond motifs is 1. The zero-order valence-electron chi connectivity index (χ0n) is 20.0. The van der Waals surface area contributed by atoms with E-state index in [1.165, 1.54) is 24.0 Å². The van der Waals surface area contributed by atoms with E-state index in [1.54, 1.807) is 0 Å². The number of guanidine groups is 1. The Morgan fingerprint density at radius 1 is 1.12 bits per heavy atom. The van der Waals surface area contributed by atoms with Gasteiger partial charge < -0.3 is 15.4 Å². The summed E-state index contributed by atoms with van der Waals surface area (Å²) in [5.74, 6) is 0.934. The van der Waals surface area contributed by atoms with E-state index in [1.807, 2.05) is 12.3 Å². The Balaban J connectivity index is 1.17. The maximum absolute atomic E-state index is 6.24. The van der Waals surface area contributed by atoms with Gasteiger partial charge >= 0.3 is 0 Å². The molecule has 1 aromatic carbocycles. The number of piperidine rings is 1. The number of hydrogen-bond donors (Lipinski definition) is 2. The van der Waals surface area contributed by atoms with Gasteiger partial charge in [0, 0.05) is 51.6 Å². The summed E-state index contributed by atoms with van der Waals surface area (Å²) in [5.41, 5.74) is 3.99. The molecule has 6 heteroatoms. The molecule has 1 unspecified atom stereocenters. The summed E-state index contributed by atoms with van der Waals surface area (Å²) in [6.07, 6.45) is 8.85. The number of likely N-dealkylation sites (tertiary alicyclic amines) is 1. The second kappa shape index (κ2) is 12.7. The van der Waals surface area contributed by atoms with Gasteiger partial charge in [0.15, 0.2) is 5.96 Å². The number of nitrogens with zero attached hydrogens (tertiary/aromatic N) is 3. The molecule has 2 aromatic rings. The molecule has 0 bridgehead atoms. The number of ether oxygens (including phenoxy) is 1. The van der Waals surface area contributed by atoms with Crippen LogP contribution in [0.1, 0.15) is 62.0 Å². The molecule has 0 saturated carbocycles. The van der Waals surface area contributed by atoms with Crippen LogP contribution in [0, 0.1) is 0 Å². The quantitative estimate of drug-likeness (QED) is 0.343. The topological polar surface area (TPSA) is 61.8 Å². The largest absolute Gasteiger partial charge is 0.373 e. The summed E-state index contributed by atoms with van der Waals surface area (Å²) in [7, 11) is 0. The summed E-state index contributed by atoms with van der Waals surface area (Å²) >= 11 is 0. The molecule has 1 aliphatic heterocycles. The molecule has 1 aliphatic carbocycles. The number of benzene rings is 1. The normalized spacial score (nSPS) is 19.8. The first kappa shape index (κ1) is 23.7. The number of aromatic nitrogens is 1. The molecule has 0 amide bonds. The number of aliphatic imine (C=N–C) groups is 1. The van der Waals surface area contributed by atoms with Crippen LogP contribution in [0.3, 0.4) is 0 Å². The van der Waals surface area contributed by atoms with Gasteiger partial charge in [-0.2, -0.15) is 0 Å². The summed E-state index contributed by atoms with van der Waals surface area (Å²) in [6.45, 7) is 7.65. The van der Waals surface area contributed by atoms with E-state index in [0.29, 0.717) is 6.04 Å². The Morgan fingerprint density at radius 3 is 2.79 bits per heavy atom. The number of aryl methyl sites for hydroxylation is 1. The molecule has 1 aromatic heterocycles. The van der Waals surface area contributed by atoms with Crippen LogP contribution in [0.4, 0.5) is 0 Å². The van der Waals surface area contributed by atoms with Crippen molar-refractivity contribution in [3.63, 3.8) is 0 Å². The molecule has 4 rings (SSSR count). The van der Waals surface area contributed by atoms with Crippen LogP contribution in [-0.2, 0) is 17.7 Å². The van der Waals surface area contributed by atoms with Crippen molar-refractivity contribution in [3.05, 3.63) is 65.5 Å². The first-order chi connectivity index (χ1) is 16.3. The van der Waals surface area contributed by atoms with Crippen molar-refractivity contribution in [1.82, 2.24) is 20.5 Å². The van der Waals surface area contributed by atoms with E-state index < -0.39 is 0 Å². The zero-order valence-corrected chi connectivity index (χ0v) is 20.0. The highest BCUT2D eigenvalue weighted by molar-refractivity contribution is 5.80. The van der Waals surface area contributed by atoms with Gasteiger partial charge in [-0.15, -0.1) is 0 Å². The van der Waals surface area contributed by atoms with Crippen LogP contribution in [0.25, 0.3) is 0 Å². The van der Waals surface area contributed by atoms with Crippen molar-refractivity contribution in [1.29, 1.82) is 0 Å². The van der Waals surface area contributed by atoms with E-state index in [0.717, 1.165) is 76.7 Å². The van der Waals surface area contributed by atoms with Gasteiger partial charge in [-0.05, 0) is 68.7 Å². The molecule has 2 N–H and O–H groups in total. The fourth-order valence-corrected chi connectivity index (χ4v) is 4.83. The second-order valence-electron chi connectivity index (χ2n) is 9.08. The highest BCUT2D eigenvalue weighted by Crippen LogP contribution is 2.32. The minimum absolute atomic E-state index is 0.251. The summed E-state index contributed by atoms with van der Waals surface area (Å²) < 4.78 is 6.24. The lowest BCUT2D eigenvalue weighted by Gasteiger charge is -2.32. The molecule has 2 aliphatic rings. The lowest BCUT2D eigenvalue weighted by atomic mass is 9.89. The van der Waals surface area contributed by atoms with Gasteiger partial charge in [-0.3, -0.25) is 14.9 Å². The Kier molecular flexibility index (Phi) is 9.13. The first-order valence-corrected chi connectivity index (χ1v) is 12.7. The first-order valence-electron chi connectivity index (χ1n) is 12.7. The Labute approximate surface area is 198 Å². The minimum atomic E-state index is 0.251. The average Bonchev–Trinajstić information content (AvgIpc) is 2.86. The fourth-order valence-electron chi connectivity index (χ4n) is 4.83. The Hall–Kier alpha value is -2.44. The van der Waals surface area contributed by atoms with E-state index in [9.17, 15) is 0 Å². The van der Waals surface area contributed by atoms with Gasteiger partial charge in [0.25, 0.3) is 0 Å². The Morgan fingerprint density at radius 2 is 1.97 bits per heavy atom. The summed E-state index contributed by atoms with van der Waals surface area (Å²) in [6, 6.07) is 15.3. The summed E-state index contributed by atoms with van der Waals surface area (Å²) in [5, 5.41) is 7.06. The maximum atomic E-state index is 6.24. The number of rotatable bonds is 9. The Bertz CT molecular complexity index is 864. The third kappa shape index (κ3) is 7.27. The lowest BCUT2D eigenvalue weighted by molar-refractivity contribution is 0.0402. The molecule has 1 atom stereocenters. The predicted molar refractivity (Wildman–Crippen MR) is 134 cm³/mol. The SMILES string of the molecule is CCNC(=NCCCOC1CCCc2ccccc21)NC1CCN(Cc2ccccn2)CC1. The van der Waals surface area contributed by atoms with E-state index >= 15 is 0 Å². The molecule has 1 saturated heterocycles. The van der Waals surface area contributed by atoms with Crippen molar-refractivity contribution in [2.45, 2.75) is 64.1 Å². The van der Waals surface area contributed by atoms with Crippen LogP contribution in [0.5, 0.6) is 0 Å². The predicted octanol–water partition coefficient (Wildman–Crippen LogP) is 4.09. The standard InChI is InChI=1S/C27H39N5O/c1-2-28-27(31-23-14-18-32(19-15-23)21-24-11-5-6-16-29-24)30-17-8-20-33-26-13-7-10-22-9-3-4-12-25(22)26/h3-6,9,11-12,16,23,26H,2,7-8,10,13-15,17-21H2,1H3,(H2,28,30,31). The van der Waals surface area contributed by atoms with E-state index in [2.05, 4.69) is 63.8 Å². The van der Waals surface area contributed by atoms with Crippen LogP contribution in [-0.4, -0.2) is 54.7 Å². The molecule has 6 nitrogen and oxygen atoms in total. The van der Waals surface area contributed by atoms with Crippen molar-refractivity contribution in [2.24, 2.45) is 4.99 Å². The van der Waals surface area contributed by atoms with Gasteiger partial charge in [0.05, 0.1) is 11.8 Å². The third-order valence-corrected chi connectivity index (χ3v) is 6.59. The number of hydrogen-bond acceptors (Lipinski definition) is 4. The van der Waals surface area contributed by atoms with Crippen LogP contribution in [0.2, 0.25) is 0 Å². The molecule has 2 heterocycles. The lowest BCUT2D eigenvalue weighted by Crippen LogP contribution is -2.48. The van der Waals surface area contributed by atoms with Crippen LogP contribution >= 0.6 is 0 Å². The van der Waals surface area contributed by atoms with E-state index in [-0.39, 0.29) is 6.10 Å². The van der Waals surface area contributed by atoms with Crippen molar-refractivity contribution >= 4 is 5.96 Å². The van der Waals surface area contributed by atoms with Crippen LogP contribution < -0.4 is 10.6 Å². The van der Waals surface area contributed by atoms with Gasteiger partial charge in [-0.25, -0.2) is 0 Å². The molecule has 0 spiro atoms. The molecule has 178 valence electrons. The maximum Gasteiger partial charge on any atom is 0.191 e. The van der Waals surface area contributed by atoms with Crippen molar-refractivity contribution in [2.75, 3.05) is 32.8 Å². The molecule has 0 radical (unpaired) electrons. The van der Waals surface area contributed by atoms with Crippen molar-refractivity contribution in [3.8, 4) is 0 Å². The van der Waals surface area contributed by atoms with Crippen LogP contribution in [0.15, 0.2) is 53.7 Å². The highest BCUT2D eigenvalue weighted by atomic mass is 16.5. The van der Waals surface area contributed by atoms with Gasteiger partial charge in [-0.1, -0.05) is 30.3 Å². The minimum Gasteiger partial charge on any atom is -0.373 e. The monoisotopic (exact) mass is 449 g/mol. The molecule has 1 fully saturated rings. The van der Waals surface area contributed by atoms with E-state index in [4.69, 9.17) is 9.73 Å². The number of nitrogens with one attached hydrogen (secondary N) is 2. The smallest absolute Gasteiger partial charge is 0.191 e. The number of pyridine rings is 1. The van der Waals surface area contributed by atoms with Crippen molar-refractivity contribution < 1.29 is 4.74 Å². The van der Waals surface area contributed by atoms with Gasteiger partial charge in [0.1, 0.15) is 0 Å². The third-order valence-electron chi connectivity index (χ3n) is 6.59. The van der Waals surface area contributed by atoms with Gasteiger partial charge in [0.2, 0.25) is 0 Å².